The van der Waals surface area contributed by atoms with Crippen LogP contribution in [0.1, 0.15) is 50.7 Å². The van der Waals surface area contributed by atoms with Crippen molar-refractivity contribution in [3.05, 3.63) is 65.9 Å². The Morgan fingerprint density at radius 1 is 1.03 bits per heavy atom. The molecule has 1 atom stereocenters. The van der Waals surface area contributed by atoms with Crippen molar-refractivity contribution in [3.63, 3.8) is 0 Å². The summed E-state index contributed by atoms with van der Waals surface area (Å²) >= 11 is 0. The molecular formula is C30H40N4O2S. The maximum atomic E-state index is 13.4. The minimum absolute atomic E-state index is 0.294. The fourth-order valence-electron chi connectivity index (χ4n) is 5.88. The summed E-state index contributed by atoms with van der Waals surface area (Å²) in [7, 11) is -3.72. The zero-order chi connectivity index (χ0) is 25.8. The molecule has 1 aromatic heterocycles. The van der Waals surface area contributed by atoms with Crippen molar-refractivity contribution in [1.29, 1.82) is 0 Å². The molecule has 1 N–H and O–H groups in total. The van der Waals surface area contributed by atoms with Gasteiger partial charge in [0, 0.05) is 37.3 Å². The predicted octanol–water partition coefficient (Wildman–Crippen LogP) is 5.34. The van der Waals surface area contributed by atoms with Gasteiger partial charge >= 0.3 is 0 Å². The zero-order valence-corrected chi connectivity index (χ0v) is 23.0. The van der Waals surface area contributed by atoms with E-state index < -0.39 is 10.0 Å². The number of nitrogens with zero attached hydrogens (tertiary/aromatic N) is 3. The van der Waals surface area contributed by atoms with Crippen LogP contribution in [0.2, 0.25) is 0 Å². The third-order valence-corrected chi connectivity index (χ3v) is 9.20. The molecule has 0 spiro atoms. The van der Waals surface area contributed by atoms with Gasteiger partial charge in [-0.1, -0.05) is 32.0 Å². The van der Waals surface area contributed by atoms with Crippen LogP contribution in [0.25, 0.3) is 10.9 Å². The van der Waals surface area contributed by atoms with Crippen molar-refractivity contribution < 1.29 is 8.42 Å². The number of pyridine rings is 1. The summed E-state index contributed by atoms with van der Waals surface area (Å²) in [5, 5.41) is 0.829. The quantitative estimate of drug-likeness (QED) is 0.366. The van der Waals surface area contributed by atoms with E-state index in [4.69, 9.17) is 0 Å². The van der Waals surface area contributed by atoms with Crippen LogP contribution in [-0.4, -0.2) is 62.0 Å². The molecule has 2 aromatic carbocycles. The van der Waals surface area contributed by atoms with E-state index in [1.807, 2.05) is 36.4 Å². The second-order valence-electron chi connectivity index (χ2n) is 11.1. The second kappa shape index (κ2) is 11.5. The van der Waals surface area contributed by atoms with Gasteiger partial charge in [-0.05, 0) is 99.0 Å². The summed E-state index contributed by atoms with van der Waals surface area (Å²) in [6.45, 7) is 10.4. The fraction of sp³-hybridized carbons (Fsp3) is 0.500. The molecule has 0 saturated carbocycles. The van der Waals surface area contributed by atoms with Crippen LogP contribution in [0.3, 0.4) is 0 Å². The molecule has 2 aliphatic heterocycles. The largest absolute Gasteiger partial charge is 0.301 e. The van der Waals surface area contributed by atoms with Crippen LogP contribution in [0.4, 0.5) is 5.69 Å². The first kappa shape index (κ1) is 26.1. The lowest BCUT2D eigenvalue weighted by molar-refractivity contribution is 0.103. The summed E-state index contributed by atoms with van der Waals surface area (Å²) in [6, 6.07) is 15.9. The van der Waals surface area contributed by atoms with Crippen molar-refractivity contribution in [3.8, 4) is 0 Å². The van der Waals surface area contributed by atoms with E-state index >= 15 is 0 Å². The molecule has 2 aliphatic rings. The smallest absolute Gasteiger partial charge is 0.261 e. The number of aromatic nitrogens is 1. The summed E-state index contributed by atoms with van der Waals surface area (Å²) in [4.78, 5) is 9.99. The Labute approximate surface area is 222 Å². The van der Waals surface area contributed by atoms with Crippen LogP contribution >= 0.6 is 0 Å². The molecule has 7 heteroatoms. The van der Waals surface area contributed by atoms with Gasteiger partial charge < -0.3 is 4.90 Å². The highest BCUT2D eigenvalue weighted by molar-refractivity contribution is 7.92. The SMILES string of the molecule is CC(C)Cc1ccc2ncccc2c1NS(=O)(=O)c1ccc(CCCCN2CCN3CCC[C@@H]3C2)cc1. The minimum Gasteiger partial charge on any atom is -0.301 e. The number of anilines is 1. The highest BCUT2D eigenvalue weighted by atomic mass is 32.2. The molecule has 3 heterocycles. The molecule has 0 bridgehead atoms. The van der Waals surface area contributed by atoms with Crippen LogP contribution in [0.15, 0.2) is 59.6 Å². The average molecular weight is 521 g/mol. The Morgan fingerprint density at radius 3 is 2.68 bits per heavy atom. The third kappa shape index (κ3) is 6.33. The Hall–Kier alpha value is -2.48. The highest BCUT2D eigenvalue weighted by Crippen LogP contribution is 2.30. The van der Waals surface area contributed by atoms with Crippen molar-refractivity contribution in [1.82, 2.24) is 14.8 Å². The lowest BCUT2D eigenvalue weighted by Crippen LogP contribution is -2.50. The number of hydrogen-bond donors (Lipinski definition) is 1. The molecule has 2 saturated heterocycles. The van der Waals surface area contributed by atoms with E-state index in [1.54, 1.807) is 18.3 Å². The van der Waals surface area contributed by atoms with Crippen molar-refractivity contribution in [2.24, 2.45) is 5.92 Å². The summed E-state index contributed by atoms with van der Waals surface area (Å²) in [6.07, 6.45) is 8.52. The van der Waals surface area contributed by atoms with E-state index in [9.17, 15) is 8.42 Å². The predicted molar refractivity (Wildman–Crippen MR) is 152 cm³/mol. The van der Waals surface area contributed by atoms with Gasteiger partial charge in [-0.15, -0.1) is 0 Å². The Bertz CT molecular complexity index is 1310. The molecule has 0 amide bonds. The first-order valence-corrected chi connectivity index (χ1v) is 15.3. The van der Waals surface area contributed by atoms with E-state index in [0.29, 0.717) is 16.5 Å². The van der Waals surface area contributed by atoms with Crippen LogP contribution in [0.5, 0.6) is 0 Å². The molecule has 0 unspecified atom stereocenters. The van der Waals surface area contributed by atoms with Gasteiger partial charge in [0.2, 0.25) is 0 Å². The van der Waals surface area contributed by atoms with Crippen molar-refractivity contribution in [2.75, 3.05) is 37.4 Å². The second-order valence-corrected chi connectivity index (χ2v) is 12.8. The van der Waals surface area contributed by atoms with Gasteiger partial charge in [0.15, 0.2) is 0 Å². The van der Waals surface area contributed by atoms with E-state index in [-0.39, 0.29) is 0 Å². The Balaban J connectivity index is 1.20. The molecule has 198 valence electrons. The highest BCUT2D eigenvalue weighted by Gasteiger charge is 2.30. The van der Waals surface area contributed by atoms with Gasteiger partial charge in [-0.3, -0.25) is 14.6 Å². The summed E-state index contributed by atoms with van der Waals surface area (Å²) in [5.41, 5.74) is 3.61. The summed E-state index contributed by atoms with van der Waals surface area (Å²) < 4.78 is 29.6. The Kier molecular flexibility index (Phi) is 8.12. The van der Waals surface area contributed by atoms with Gasteiger partial charge in [0.25, 0.3) is 10.0 Å². The number of fused-ring (bicyclic) bond motifs is 2. The standard InChI is InChI=1S/C30H40N4O2S/c1-23(2)21-25-12-15-29-28(9-5-16-31-29)30(25)32-37(35,36)27-13-10-24(11-14-27)7-3-4-17-33-19-20-34-18-6-8-26(34)22-33/h5,9-16,23,26,32H,3-4,6-8,17-22H2,1-2H3/t26-/m1/s1. The number of rotatable bonds is 10. The van der Waals surface area contributed by atoms with Gasteiger partial charge in [-0.25, -0.2) is 8.42 Å². The van der Waals surface area contributed by atoms with Crippen molar-refractivity contribution in [2.45, 2.75) is 63.3 Å². The number of nitrogens with one attached hydrogen (secondary N) is 1. The van der Waals surface area contributed by atoms with Gasteiger partial charge in [-0.2, -0.15) is 0 Å². The maximum Gasteiger partial charge on any atom is 0.261 e. The number of hydrogen-bond acceptors (Lipinski definition) is 5. The topological polar surface area (TPSA) is 65.5 Å². The fourth-order valence-corrected chi connectivity index (χ4v) is 7.00. The van der Waals surface area contributed by atoms with E-state index in [0.717, 1.165) is 41.8 Å². The van der Waals surface area contributed by atoms with Crippen LogP contribution in [-0.2, 0) is 22.9 Å². The normalized spacial score (nSPS) is 18.9. The molecule has 5 rings (SSSR count). The number of sulfonamides is 1. The molecule has 37 heavy (non-hydrogen) atoms. The van der Waals surface area contributed by atoms with E-state index in [1.165, 1.54) is 57.5 Å². The average Bonchev–Trinajstić information content (AvgIpc) is 3.36. The van der Waals surface area contributed by atoms with Crippen LogP contribution in [0, 0.1) is 5.92 Å². The van der Waals surface area contributed by atoms with E-state index in [2.05, 4.69) is 33.4 Å². The minimum atomic E-state index is -3.72. The first-order valence-electron chi connectivity index (χ1n) is 13.8. The van der Waals surface area contributed by atoms with Crippen molar-refractivity contribution >= 4 is 26.6 Å². The number of aryl methyl sites for hydroxylation is 1. The van der Waals surface area contributed by atoms with Gasteiger partial charge in [0.1, 0.15) is 0 Å². The zero-order valence-electron chi connectivity index (χ0n) is 22.2. The molecule has 2 fully saturated rings. The maximum absolute atomic E-state index is 13.4. The monoisotopic (exact) mass is 520 g/mol. The lowest BCUT2D eigenvalue weighted by Gasteiger charge is -2.37. The number of piperazine rings is 1. The number of unbranched alkanes of at least 4 members (excludes halogenated alkanes) is 1. The molecule has 3 aromatic rings. The number of benzene rings is 2. The first-order chi connectivity index (χ1) is 17.9. The third-order valence-electron chi connectivity index (χ3n) is 7.83. The molecular weight excluding hydrogens is 480 g/mol. The van der Waals surface area contributed by atoms with Crippen LogP contribution < -0.4 is 4.72 Å². The lowest BCUT2D eigenvalue weighted by atomic mass is 9.99. The molecule has 0 radical (unpaired) electrons. The Morgan fingerprint density at radius 2 is 1.86 bits per heavy atom. The molecule has 6 nitrogen and oxygen atoms in total. The van der Waals surface area contributed by atoms with Gasteiger partial charge in [0.05, 0.1) is 16.1 Å². The summed E-state index contributed by atoms with van der Waals surface area (Å²) in [5.74, 6) is 0.406. The molecule has 0 aliphatic carbocycles.